The van der Waals surface area contributed by atoms with E-state index in [2.05, 4.69) is 4.98 Å². The quantitative estimate of drug-likeness (QED) is 0.696. The fourth-order valence-corrected chi connectivity index (χ4v) is 2.78. The summed E-state index contributed by atoms with van der Waals surface area (Å²) in [4.78, 5) is 28.2. The second-order valence-electron chi connectivity index (χ2n) is 4.99. The first-order chi connectivity index (χ1) is 11.1. The van der Waals surface area contributed by atoms with Gasteiger partial charge < -0.3 is 14.5 Å². The maximum absolute atomic E-state index is 12.7. The molecule has 0 spiro atoms. The maximum atomic E-state index is 12.7. The Morgan fingerprint density at radius 2 is 1.91 bits per heavy atom. The van der Waals surface area contributed by atoms with Gasteiger partial charge in [-0.3, -0.25) is 9.59 Å². The van der Waals surface area contributed by atoms with Gasteiger partial charge >= 0.3 is 0 Å². The molecular formula is C16H10N2O4S. The van der Waals surface area contributed by atoms with Crippen LogP contribution in [0, 0.1) is 4.77 Å². The molecule has 0 radical (unpaired) electrons. The van der Waals surface area contributed by atoms with Crippen molar-refractivity contribution in [1.29, 1.82) is 0 Å². The van der Waals surface area contributed by atoms with Crippen LogP contribution in [0.3, 0.4) is 0 Å². The maximum Gasteiger partial charge on any atom is 0.269 e. The Bertz CT molecular complexity index is 1070. The molecule has 7 heteroatoms. The highest BCUT2D eigenvalue weighted by Crippen LogP contribution is 2.32. The number of nitrogens with zero attached hydrogens (tertiary/aromatic N) is 1. The molecule has 0 saturated heterocycles. The smallest absolute Gasteiger partial charge is 0.269 e. The minimum Gasteiger partial charge on any atom is -0.454 e. The first-order valence-corrected chi connectivity index (χ1v) is 7.24. The lowest BCUT2D eigenvalue weighted by Gasteiger charge is -2.07. The van der Waals surface area contributed by atoms with E-state index in [0.29, 0.717) is 28.0 Å². The predicted molar refractivity (Wildman–Crippen MR) is 85.7 cm³/mol. The van der Waals surface area contributed by atoms with Crippen LogP contribution < -0.4 is 15.0 Å². The van der Waals surface area contributed by atoms with Crippen LogP contribution in [0.25, 0.3) is 10.9 Å². The number of hydrogen-bond acceptors (Lipinski definition) is 5. The van der Waals surface area contributed by atoms with Gasteiger partial charge in [-0.1, -0.05) is 12.1 Å². The molecule has 0 fully saturated rings. The van der Waals surface area contributed by atoms with Gasteiger partial charge in [0.15, 0.2) is 16.3 Å². The second-order valence-corrected chi connectivity index (χ2v) is 5.38. The molecule has 1 aromatic heterocycles. The summed E-state index contributed by atoms with van der Waals surface area (Å²) >= 11 is 5.17. The molecule has 6 nitrogen and oxygen atoms in total. The highest BCUT2D eigenvalue weighted by atomic mass is 32.1. The van der Waals surface area contributed by atoms with Crippen LogP contribution in [0.15, 0.2) is 47.3 Å². The molecule has 0 atom stereocenters. The molecule has 1 N–H and O–H groups in total. The van der Waals surface area contributed by atoms with Crippen molar-refractivity contribution >= 4 is 29.0 Å². The molecular weight excluding hydrogens is 316 g/mol. The number of benzene rings is 2. The first-order valence-electron chi connectivity index (χ1n) is 6.83. The van der Waals surface area contributed by atoms with Crippen molar-refractivity contribution in [1.82, 2.24) is 9.55 Å². The van der Waals surface area contributed by atoms with Gasteiger partial charge in [0.05, 0.1) is 10.9 Å². The van der Waals surface area contributed by atoms with Crippen LogP contribution in [0.5, 0.6) is 11.5 Å². The Balaban J connectivity index is 1.90. The van der Waals surface area contributed by atoms with Crippen molar-refractivity contribution in [2.45, 2.75) is 0 Å². The highest BCUT2D eigenvalue weighted by Gasteiger charge is 2.19. The number of fused-ring (bicyclic) bond motifs is 2. The summed E-state index contributed by atoms with van der Waals surface area (Å²) in [5.41, 5.74) is 0.440. The van der Waals surface area contributed by atoms with Gasteiger partial charge in [-0.2, -0.15) is 0 Å². The molecule has 2 heterocycles. The molecule has 114 valence electrons. The predicted octanol–water partition coefficient (Wildman–Crippen LogP) is 2.48. The topological polar surface area (TPSA) is 73.3 Å². The van der Waals surface area contributed by atoms with Crippen molar-refractivity contribution in [2.24, 2.45) is 0 Å². The lowest BCUT2D eigenvalue weighted by atomic mass is 10.2. The summed E-state index contributed by atoms with van der Waals surface area (Å²) in [7, 11) is 0. The average Bonchev–Trinajstić information content (AvgIpc) is 3.02. The molecule has 0 aliphatic carbocycles. The fraction of sp³-hybridized carbons (Fsp3) is 0.0625. The van der Waals surface area contributed by atoms with Gasteiger partial charge in [0.2, 0.25) is 6.79 Å². The van der Waals surface area contributed by atoms with E-state index in [1.54, 1.807) is 42.5 Å². The summed E-state index contributed by atoms with van der Waals surface area (Å²) < 4.78 is 11.5. The monoisotopic (exact) mass is 326 g/mol. The van der Waals surface area contributed by atoms with E-state index in [1.165, 1.54) is 0 Å². The molecule has 1 aliphatic heterocycles. The number of hydrogen-bond donors (Lipinski definition) is 1. The standard InChI is InChI=1S/C16H10N2O4S/c19-14(9-5-6-12-13(7-9)22-8-21-12)18-15(20)10-3-1-2-4-11(10)17-16(18)23/h1-7H,8H2,(H,17,23). The third kappa shape index (κ3) is 2.13. The molecule has 23 heavy (non-hydrogen) atoms. The zero-order chi connectivity index (χ0) is 16.0. The fourth-order valence-electron chi connectivity index (χ4n) is 2.51. The molecule has 2 aromatic carbocycles. The van der Waals surface area contributed by atoms with E-state index >= 15 is 0 Å². The average molecular weight is 326 g/mol. The van der Waals surface area contributed by atoms with Gasteiger partial charge in [0, 0.05) is 5.56 Å². The van der Waals surface area contributed by atoms with Crippen LogP contribution >= 0.6 is 12.2 Å². The van der Waals surface area contributed by atoms with Crippen LogP contribution in [0.1, 0.15) is 10.4 Å². The molecule has 0 unspecified atom stereocenters. The van der Waals surface area contributed by atoms with Crippen molar-refractivity contribution in [3.05, 3.63) is 63.2 Å². The SMILES string of the molecule is O=C(c1ccc2c(c1)OCO2)n1c(=S)[nH]c2ccccc2c1=O. The number of aromatic amines is 1. The highest BCUT2D eigenvalue weighted by molar-refractivity contribution is 7.71. The molecule has 0 bridgehead atoms. The zero-order valence-electron chi connectivity index (χ0n) is 11.7. The second kappa shape index (κ2) is 5.06. The summed E-state index contributed by atoms with van der Waals surface area (Å²) in [6.45, 7) is 0.114. The number of carbonyl (C=O) groups excluding carboxylic acids is 1. The third-order valence-corrected chi connectivity index (χ3v) is 3.91. The van der Waals surface area contributed by atoms with E-state index in [9.17, 15) is 9.59 Å². The molecule has 0 saturated carbocycles. The largest absolute Gasteiger partial charge is 0.454 e. The summed E-state index contributed by atoms with van der Waals surface area (Å²) in [5, 5.41) is 0.398. The van der Waals surface area contributed by atoms with E-state index in [-0.39, 0.29) is 11.6 Å². The number of rotatable bonds is 1. The Kier molecular flexibility index (Phi) is 3.02. The zero-order valence-corrected chi connectivity index (χ0v) is 12.6. The van der Waals surface area contributed by atoms with E-state index < -0.39 is 11.5 Å². The summed E-state index contributed by atoms with van der Waals surface area (Å²) in [5.74, 6) is 0.525. The van der Waals surface area contributed by atoms with E-state index in [0.717, 1.165) is 4.57 Å². The van der Waals surface area contributed by atoms with E-state index in [4.69, 9.17) is 21.7 Å². The van der Waals surface area contributed by atoms with Gasteiger partial charge in [-0.05, 0) is 42.5 Å². The van der Waals surface area contributed by atoms with Gasteiger partial charge in [-0.25, -0.2) is 4.57 Å². The number of carbonyl (C=O) groups is 1. The van der Waals surface area contributed by atoms with Crippen LogP contribution in [-0.4, -0.2) is 22.3 Å². The Morgan fingerprint density at radius 1 is 1.13 bits per heavy atom. The lowest BCUT2D eigenvalue weighted by molar-refractivity contribution is 0.0953. The Morgan fingerprint density at radius 3 is 2.78 bits per heavy atom. The van der Waals surface area contributed by atoms with Crippen molar-refractivity contribution < 1.29 is 14.3 Å². The van der Waals surface area contributed by atoms with Crippen LogP contribution in [-0.2, 0) is 0 Å². The minimum absolute atomic E-state index is 0.0522. The van der Waals surface area contributed by atoms with Crippen LogP contribution in [0.2, 0.25) is 0 Å². The van der Waals surface area contributed by atoms with Crippen molar-refractivity contribution in [2.75, 3.05) is 6.79 Å². The number of H-pyrrole nitrogens is 1. The molecule has 3 aromatic rings. The first kappa shape index (κ1) is 13.7. The Labute approximate surface area is 134 Å². The van der Waals surface area contributed by atoms with Crippen LogP contribution in [0.4, 0.5) is 0 Å². The summed E-state index contributed by atoms with van der Waals surface area (Å²) in [6, 6.07) is 11.7. The lowest BCUT2D eigenvalue weighted by Crippen LogP contribution is -2.29. The third-order valence-electron chi connectivity index (χ3n) is 3.63. The van der Waals surface area contributed by atoms with E-state index in [1.807, 2.05) is 0 Å². The van der Waals surface area contributed by atoms with Gasteiger partial charge in [0.25, 0.3) is 11.5 Å². The van der Waals surface area contributed by atoms with Gasteiger partial charge in [-0.15, -0.1) is 0 Å². The Hall–Kier alpha value is -2.93. The minimum atomic E-state index is -0.514. The normalized spacial score (nSPS) is 12.5. The number of nitrogens with one attached hydrogen (secondary N) is 1. The summed E-state index contributed by atoms with van der Waals surface area (Å²) in [6.07, 6.45) is 0. The van der Waals surface area contributed by atoms with Gasteiger partial charge in [0.1, 0.15) is 0 Å². The molecule has 1 aliphatic rings. The molecule has 0 amide bonds. The van der Waals surface area contributed by atoms with Crippen molar-refractivity contribution in [3.63, 3.8) is 0 Å². The number of aromatic nitrogens is 2. The molecule has 4 rings (SSSR count). The van der Waals surface area contributed by atoms with Crippen molar-refractivity contribution in [3.8, 4) is 11.5 Å². The number of ether oxygens (including phenoxy) is 2. The number of para-hydroxylation sites is 1.